The van der Waals surface area contributed by atoms with Gasteiger partial charge in [-0.05, 0) is 43.4 Å². The number of carboxylic acid groups (broad SMARTS) is 1. The SMILES string of the molecule is Cc1cccc(NC(=O)N2CCC3(CC2)C(=O)NCCN3CC(C)C)c1.O=C(O)C(F)(F)F. The van der Waals surface area contributed by atoms with E-state index in [1.165, 1.54) is 0 Å². The van der Waals surface area contributed by atoms with Crippen LogP contribution in [0.5, 0.6) is 0 Å². The zero-order valence-corrected chi connectivity index (χ0v) is 19.0. The van der Waals surface area contributed by atoms with E-state index >= 15 is 0 Å². The van der Waals surface area contributed by atoms with E-state index in [2.05, 4.69) is 29.4 Å². The summed E-state index contributed by atoms with van der Waals surface area (Å²) in [6, 6.07) is 7.71. The Morgan fingerprint density at radius 3 is 2.33 bits per heavy atom. The number of piperidine rings is 1. The molecule has 0 unspecified atom stereocenters. The van der Waals surface area contributed by atoms with Crippen LogP contribution < -0.4 is 10.6 Å². The van der Waals surface area contributed by atoms with Crippen LogP contribution in [0.15, 0.2) is 24.3 Å². The second-order valence-electron chi connectivity index (χ2n) is 8.72. The van der Waals surface area contributed by atoms with Crippen molar-refractivity contribution >= 4 is 23.6 Å². The number of benzene rings is 1. The second-order valence-corrected chi connectivity index (χ2v) is 8.72. The van der Waals surface area contributed by atoms with Crippen LogP contribution in [0, 0.1) is 12.8 Å². The molecule has 33 heavy (non-hydrogen) atoms. The van der Waals surface area contributed by atoms with Crippen molar-refractivity contribution in [3.8, 4) is 0 Å². The minimum Gasteiger partial charge on any atom is -0.475 e. The van der Waals surface area contributed by atoms with Crippen molar-refractivity contribution < 1.29 is 32.7 Å². The molecule has 2 saturated heterocycles. The van der Waals surface area contributed by atoms with Gasteiger partial charge in [-0.1, -0.05) is 26.0 Å². The average Bonchev–Trinajstić information content (AvgIpc) is 2.71. The molecule has 0 aromatic heterocycles. The Morgan fingerprint density at radius 1 is 1.21 bits per heavy atom. The number of hydrogen-bond donors (Lipinski definition) is 3. The number of alkyl halides is 3. The first-order valence-corrected chi connectivity index (χ1v) is 10.8. The number of halogens is 3. The van der Waals surface area contributed by atoms with Gasteiger partial charge in [-0.15, -0.1) is 0 Å². The quantitative estimate of drug-likeness (QED) is 0.628. The van der Waals surface area contributed by atoms with E-state index in [0.29, 0.717) is 38.4 Å². The first-order valence-electron chi connectivity index (χ1n) is 10.8. The molecular formula is C22H31F3N4O4. The summed E-state index contributed by atoms with van der Waals surface area (Å²) < 4.78 is 31.7. The Bertz CT molecular complexity index is 852. The molecule has 0 aliphatic carbocycles. The van der Waals surface area contributed by atoms with E-state index in [0.717, 1.165) is 24.3 Å². The summed E-state index contributed by atoms with van der Waals surface area (Å²) in [7, 11) is 0. The molecule has 0 bridgehead atoms. The fraction of sp³-hybridized carbons (Fsp3) is 0.591. The lowest BCUT2D eigenvalue weighted by Gasteiger charge is -2.50. The molecule has 184 valence electrons. The summed E-state index contributed by atoms with van der Waals surface area (Å²) in [5.74, 6) is -2.11. The molecule has 1 spiro atoms. The zero-order valence-electron chi connectivity index (χ0n) is 19.0. The lowest BCUT2D eigenvalue weighted by atomic mass is 9.82. The molecule has 11 heteroatoms. The van der Waals surface area contributed by atoms with Gasteiger partial charge in [0.25, 0.3) is 0 Å². The number of nitrogens with one attached hydrogen (secondary N) is 2. The number of anilines is 1. The zero-order chi connectivity index (χ0) is 24.8. The molecule has 0 radical (unpaired) electrons. The standard InChI is InChI=1S/C20H30N4O2.C2HF3O2/c1-15(2)14-24-12-9-21-18(25)20(24)7-10-23(11-8-20)19(26)22-17-6-4-5-16(3)13-17;3-2(4,5)1(6)7/h4-6,13,15H,7-12,14H2,1-3H3,(H,21,25)(H,22,26);(H,6,7). The number of amides is 3. The van der Waals surface area contributed by atoms with Gasteiger partial charge in [0, 0.05) is 38.4 Å². The van der Waals surface area contributed by atoms with Crippen molar-refractivity contribution in [3.05, 3.63) is 29.8 Å². The van der Waals surface area contributed by atoms with Crippen molar-refractivity contribution in [3.63, 3.8) is 0 Å². The van der Waals surface area contributed by atoms with E-state index in [1.54, 1.807) is 0 Å². The number of carbonyl (C=O) groups is 3. The maximum absolute atomic E-state index is 12.7. The Balaban J connectivity index is 0.000000479. The van der Waals surface area contributed by atoms with Crippen LogP contribution in [-0.4, -0.2) is 77.3 Å². The predicted molar refractivity (Wildman–Crippen MR) is 117 cm³/mol. The molecule has 0 saturated carbocycles. The minimum absolute atomic E-state index is 0.0860. The number of likely N-dealkylation sites (tertiary alicyclic amines) is 1. The Morgan fingerprint density at radius 2 is 1.82 bits per heavy atom. The fourth-order valence-electron chi connectivity index (χ4n) is 4.08. The van der Waals surface area contributed by atoms with Crippen molar-refractivity contribution in [2.75, 3.05) is 38.0 Å². The number of aliphatic carboxylic acids is 1. The van der Waals surface area contributed by atoms with E-state index in [1.807, 2.05) is 36.1 Å². The molecule has 8 nitrogen and oxygen atoms in total. The van der Waals surface area contributed by atoms with E-state index in [9.17, 15) is 22.8 Å². The third kappa shape index (κ3) is 7.08. The molecule has 3 rings (SSSR count). The maximum Gasteiger partial charge on any atom is 0.490 e. The summed E-state index contributed by atoms with van der Waals surface area (Å²) in [6.07, 6.45) is -3.71. The van der Waals surface area contributed by atoms with Gasteiger partial charge in [0.1, 0.15) is 5.54 Å². The van der Waals surface area contributed by atoms with Gasteiger partial charge < -0.3 is 20.6 Å². The van der Waals surface area contributed by atoms with Crippen LogP contribution in [0.25, 0.3) is 0 Å². The topological polar surface area (TPSA) is 102 Å². The van der Waals surface area contributed by atoms with Gasteiger partial charge in [-0.25, -0.2) is 9.59 Å². The van der Waals surface area contributed by atoms with Crippen LogP contribution in [0.2, 0.25) is 0 Å². The van der Waals surface area contributed by atoms with Crippen molar-refractivity contribution in [1.82, 2.24) is 15.1 Å². The van der Waals surface area contributed by atoms with Gasteiger partial charge >= 0.3 is 18.2 Å². The molecule has 2 aliphatic heterocycles. The molecule has 3 amide bonds. The van der Waals surface area contributed by atoms with Gasteiger partial charge in [0.05, 0.1) is 0 Å². The normalized spacial score (nSPS) is 18.4. The van der Waals surface area contributed by atoms with Crippen LogP contribution in [0.1, 0.15) is 32.3 Å². The fourth-order valence-corrected chi connectivity index (χ4v) is 4.08. The number of rotatable bonds is 3. The second kappa shape index (κ2) is 10.9. The largest absolute Gasteiger partial charge is 0.490 e. The molecule has 1 aromatic carbocycles. The Labute approximate surface area is 191 Å². The number of hydrogen-bond acceptors (Lipinski definition) is 4. The number of aryl methyl sites for hydroxylation is 1. The monoisotopic (exact) mass is 472 g/mol. The molecule has 0 atom stereocenters. The van der Waals surface area contributed by atoms with Crippen molar-refractivity contribution in [1.29, 1.82) is 0 Å². The summed E-state index contributed by atoms with van der Waals surface area (Å²) in [6.45, 7) is 10.1. The van der Waals surface area contributed by atoms with Crippen molar-refractivity contribution in [2.24, 2.45) is 5.92 Å². The minimum atomic E-state index is -5.08. The van der Waals surface area contributed by atoms with Gasteiger partial charge in [0.15, 0.2) is 0 Å². The highest BCUT2D eigenvalue weighted by Gasteiger charge is 2.48. The van der Waals surface area contributed by atoms with Gasteiger partial charge in [-0.3, -0.25) is 9.69 Å². The molecule has 2 fully saturated rings. The number of carbonyl (C=O) groups excluding carboxylic acids is 2. The summed E-state index contributed by atoms with van der Waals surface area (Å²) in [5, 5.41) is 13.1. The van der Waals surface area contributed by atoms with Crippen LogP contribution >= 0.6 is 0 Å². The maximum atomic E-state index is 12.7. The van der Waals surface area contributed by atoms with Crippen molar-refractivity contribution in [2.45, 2.75) is 45.3 Å². The average molecular weight is 473 g/mol. The number of piperazine rings is 1. The molecular weight excluding hydrogens is 441 g/mol. The van der Waals surface area contributed by atoms with Gasteiger partial charge in [0.2, 0.25) is 5.91 Å². The number of carboxylic acids is 1. The predicted octanol–water partition coefficient (Wildman–Crippen LogP) is 3.08. The Hall–Kier alpha value is -2.82. The number of urea groups is 1. The van der Waals surface area contributed by atoms with Crippen LogP contribution in [-0.2, 0) is 9.59 Å². The summed E-state index contributed by atoms with van der Waals surface area (Å²) >= 11 is 0. The number of nitrogens with zero attached hydrogens (tertiary/aromatic N) is 2. The van der Waals surface area contributed by atoms with E-state index in [4.69, 9.17) is 9.90 Å². The van der Waals surface area contributed by atoms with Crippen LogP contribution in [0.3, 0.4) is 0 Å². The highest BCUT2D eigenvalue weighted by Crippen LogP contribution is 2.32. The third-order valence-corrected chi connectivity index (χ3v) is 5.67. The van der Waals surface area contributed by atoms with Gasteiger partial charge in [-0.2, -0.15) is 13.2 Å². The third-order valence-electron chi connectivity index (χ3n) is 5.67. The van der Waals surface area contributed by atoms with E-state index in [-0.39, 0.29) is 11.9 Å². The molecule has 2 aliphatic rings. The first kappa shape index (κ1) is 26.4. The highest BCUT2D eigenvalue weighted by atomic mass is 19.4. The van der Waals surface area contributed by atoms with Crippen LogP contribution in [0.4, 0.5) is 23.7 Å². The molecule has 2 heterocycles. The summed E-state index contributed by atoms with van der Waals surface area (Å²) in [5.41, 5.74) is 1.47. The molecule has 1 aromatic rings. The lowest BCUT2D eigenvalue weighted by Crippen LogP contribution is -2.68. The molecule has 3 N–H and O–H groups in total. The Kier molecular flexibility index (Phi) is 8.70. The first-order chi connectivity index (χ1) is 15.3. The smallest absolute Gasteiger partial charge is 0.475 e. The summed E-state index contributed by atoms with van der Waals surface area (Å²) in [4.78, 5) is 38.3. The lowest BCUT2D eigenvalue weighted by molar-refractivity contribution is -0.192. The highest BCUT2D eigenvalue weighted by molar-refractivity contribution is 5.91. The van der Waals surface area contributed by atoms with E-state index < -0.39 is 17.7 Å².